The van der Waals surface area contributed by atoms with Crippen molar-refractivity contribution < 1.29 is 22.7 Å². The highest BCUT2D eigenvalue weighted by Crippen LogP contribution is 2.25. The van der Waals surface area contributed by atoms with Crippen molar-refractivity contribution >= 4 is 15.9 Å². The Bertz CT molecular complexity index is 956. The lowest BCUT2D eigenvalue weighted by atomic mass is 10.1. The Balaban J connectivity index is 1.93. The summed E-state index contributed by atoms with van der Waals surface area (Å²) in [6.45, 7) is 4.23. The van der Waals surface area contributed by atoms with Crippen molar-refractivity contribution in [2.24, 2.45) is 0 Å². The van der Waals surface area contributed by atoms with Crippen LogP contribution in [0.4, 0.5) is 0 Å². The average molecular weight is 435 g/mol. The molecule has 30 heavy (non-hydrogen) atoms. The fourth-order valence-electron chi connectivity index (χ4n) is 2.81. The Morgan fingerprint density at radius 3 is 2.40 bits per heavy atom. The van der Waals surface area contributed by atoms with Crippen molar-refractivity contribution in [1.29, 1.82) is 0 Å². The molecular weight excluding hydrogens is 404 g/mol. The van der Waals surface area contributed by atoms with Crippen LogP contribution in [0.5, 0.6) is 11.5 Å². The van der Waals surface area contributed by atoms with Gasteiger partial charge in [-0.1, -0.05) is 17.7 Å². The van der Waals surface area contributed by atoms with E-state index in [-0.39, 0.29) is 23.3 Å². The zero-order valence-electron chi connectivity index (χ0n) is 18.1. The number of aryl methyl sites for hydroxylation is 2. The van der Waals surface area contributed by atoms with Crippen molar-refractivity contribution in [3.63, 3.8) is 0 Å². The number of carbonyl (C=O) groups excluding carboxylic acids is 1. The van der Waals surface area contributed by atoms with Crippen molar-refractivity contribution in [3.05, 3.63) is 53.6 Å². The normalized spacial score (nSPS) is 12.5. The highest BCUT2D eigenvalue weighted by molar-refractivity contribution is 7.89. The molecule has 1 atom stereocenters. The predicted molar refractivity (Wildman–Crippen MR) is 116 cm³/mol. The summed E-state index contributed by atoms with van der Waals surface area (Å²) in [5, 5.41) is 2.90. The lowest BCUT2D eigenvalue weighted by molar-refractivity contribution is -0.121. The summed E-state index contributed by atoms with van der Waals surface area (Å²) in [5.74, 6) is 1.17. The molecule has 0 saturated carbocycles. The molecule has 0 bridgehead atoms. The van der Waals surface area contributed by atoms with Gasteiger partial charge in [0.2, 0.25) is 15.9 Å². The van der Waals surface area contributed by atoms with Crippen LogP contribution in [0.15, 0.2) is 47.4 Å². The minimum absolute atomic E-state index is 0.141. The number of benzene rings is 2. The van der Waals surface area contributed by atoms with Gasteiger partial charge >= 0.3 is 0 Å². The summed E-state index contributed by atoms with van der Waals surface area (Å²) in [7, 11) is 0.918. The van der Waals surface area contributed by atoms with Crippen molar-refractivity contribution in [1.82, 2.24) is 9.62 Å². The number of ether oxygens (including phenoxy) is 2. The molecule has 0 unspecified atom stereocenters. The average Bonchev–Trinajstić information content (AvgIpc) is 2.71. The molecule has 2 rings (SSSR count). The van der Waals surface area contributed by atoms with Crippen LogP contribution < -0.4 is 14.8 Å². The molecule has 8 heteroatoms. The fraction of sp³-hybridized carbons (Fsp3) is 0.409. The third kappa shape index (κ3) is 6.47. The number of nitrogens with zero attached hydrogens (tertiary/aromatic N) is 1. The molecule has 0 radical (unpaired) electrons. The molecule has 0 fully saturated rings. The SMILES string of the molecule is COc1ccc(S(=O)(=O)N(C)C)cc1CCC(=O)N[C@@H](C)COc1ccc(C)cc1. The number of carbonyl (C=O) groups is 1. The third-order valence-corrected chi connectivity index (χ3v) is 6.39. The molecule has 0 aromatic heterocycles. The van der Waals surface area contributed by atoms with Crippen molar-refractivity contribution in [2.45, 2.75) is 37.6 Å². The number of methoxy groups -OCH3 is 1. The van der Waals surface area contributed by atoms with Gasteiger partial charge in [-0.2, -0.15) is 0 Å². The Morgan fingerprint density at radius 1 is 1.13 bits per heavy atom. The van der Waals surface area contributed by atoms with Crippen LogP contribution >= 0.6 is 0 Å². The largest absolute Gasteiger partial charge is 0.496 e. The number of nitrogens with one attached hydrogen (secondary N) is 1. The summed E-state index contributed by atoms with van der Waals surface area (Å²) >= 11 is 0. The van der Waals surface area contributed by atoms with Crippen LogP contribution in [-0.2, 0) is 21.2 Å². The molecule has 1 amide bonds. The summed E-state index contributed by atoms with van der Waals surface area (Å²) in [4.78, 5) is 12.5. The molecular formula is C22H30N2O5S. The van der Waals surface area contributed by atoms with Crippen LogP contribution in [0, 0.1) is 6.92 Å². The minimum atomic E-state index is -3.56. The summed E-state index contributed by atoms with van der Waals surface area (Å²) in [6.07, 6.45) is 0.564. The van der Waals surface area contributed by atoms with Gasteiger partial charge in [0.1, 0.15) is 18.1 Å². The summed E-state index contributed by atoms with van der Waals surface area (Å²) < 4.78 is 36.9. The van der Waals surface area contributed by atoms with E-state index in [1.165, 1.54) is 27.3 Å². The Hall–Kier alpha value is -2.58. The number of amides is 1. The van der Waals surface area contributed by atoms with Crippen molar-refractivity contribution in [3.8, 4) is 11.5 Å². The number of rotatable bonds is 10. The second-order valence-corrected chi connectivity index (χ2v) is 9.51. The number of hydrogen-bond donors (Lipinski definition) is 1. The minimum Gasteiger partial charge on any atom is -0.496 e. The van der Waals surface area contributed by atoms with Gasteiger partial charge in [0, 0.05) is 20.5 Å². The maximum Gasteiger partial charge on any atom is 0.242 e. The molecule has 0 aliphatic carbocycles. The van der Waals surface area contributed by atoms with Crippen LogP contribution in [0.1, 0.15) is 24.5 Å². The van der Waals surface area contributed by atoms with Crippen LogP contribution in [0.3, 0.4) is 0 Å². The molecule has 2 aromatic carbocycles. The quantitative estimate of drug-likeness (QED) is 0.622. The smallest absolute Gasteiger partial charge is 0.242 e. The van der Waals surface area contributed by atoms with Gasteiger partial charge in [-0.05, 0) is 56.2 Å². The zero-order chi connectivity index (χ0) is 22.3. The lowest BCUT2D eigenvalue weighted by Crippen LogP contribution is -2.36. The van der Waals surface area contributed by atoms with E-state index in [0.717, 1.165) is 15.6 Å². The van der Waals surface area contributed by atoms with E-state index in [1.807, 2.05) is 38.1 Å². The first-order valence-electron chi connectivity index (χ1n) is 9.71. The molecule has 164 valence electrons. The van der Waals surface area contributed by atoms with E-state index in [2.05, 4.69) is 5.32 Å². The molecule has 0 aliphatic rings. The van der Waals surface area contributed by atoms with Crippen LogP contribution in [0.2, 0.25) is 0 Å². The Morgan fingerprint density at radius 2 is 1.80 bits per heavy atom. The van der Waals surface area contributed by atoms with Gasteiger partial charge in [0.15, 0.2) is 0 Å². The van der Waals surface area contributed by atoms with Gasteiger partial charge in [0.05, 0.1) is 18.0 Å². The molecule has 2 aromatic rings. The predicted octanol–water partition coefficient (Wildman–Crippen LogP) is 2.77. The first-order valence-corrected chi connectivity index (χ1v) is 11.2. The first-order chi connectivity index (χ1) is 14.1. The number of sulfonamides is 1. The first kappa shape index (κ1) is 23.7. The van der Waals surface area contributed by atoms with E-state index in [4.69, 9.17) is 9.47 Å². The van der Waals surface area contributed by atoms with Gasteiger partial charge in [-0.3, -0.25) is 4.79 Å². The van der Waals surface area contributed by atoms with Crippen LogP contribution in [-0.4, -0.2) is 52.5 Å². The molecule has 7 nitrogen and oxygen atoms in total. The maximum absolute atomic E-state index is 12.4. The summed E-state index contributed by atoms with van der Waals surface area (Å²) in [6, 6.07) is 12.2. The lowest BCUT2D eigenvalue weighted by Gasteiger charge is -2.16. The zero-order valence-corrected chi connectivity index (χ0v) is 19.0. The maximum atomic E-state index is 12.4. The molecule has 1 N–H and O–H groups in total. The second kappa shape index (κ2) is 10.4. The molecule has 0 aliphatic heterocycles. The van der Waals surface area contributed by atoms with E-state index < -0.39 is 10.0 Å². The third-order valence-electron chi connectivity index (χ3n) is 4.58. The van der Waals surface area contributed by atoms with E-state index in [1.54, 1.807) is 12.1 Å². The van der Waals surface area contributed by atoms with E-state index in [9.17, 15) is 13.2 Å². The van der Waals surface area contributed by atoms with Gasteiger partial charge in [-0.15, -0.1) is 0 Å². The Labute approximate surface area is 179 Å². The number of hydrogen-bond acceptors (Lipinski definition) is 5. The molecule has 0 heterocycles. The van der Waals surface area contributed by atoms with Gasteiger partial charge in [0.25, 0.3) is 0 Å². The van der Waals surface area contributed by atoms with E-state index >= 15 is 0 Å². The highest BCUT2D eigenvalue weighted by atomic mass is 32.2. The topological polar surface area (TPSA) is 84.9 Å². The van der Waals surface area contributed by atoms with E-state index in [0.29, 0.717) is 24.3 Å². The van der Waals surface area contributed by atoms with Gasteiger partial charge in [-0.25, -0.2) is 12.7 Å². The van der Waals surface area contributed by atoms with Crippen LogP contribution in [0.25, 0.3) is 0 Å². The van der Waals surface area contributed by atoms with Crippen molar-refractivity contribution in [2.75, 3.05) is 27.8 Å². The second-order valence-electron chi connectivity index (χ2n) is 7.35. The fourth-order valence-corrected chi connectivity index (χ4v) is 3.77. The Kier molecular flexibility index (Phi) is 8.25. The summed E-state index contributed by atoms with van der Waals surface area (Å²) in [5.41, 5.74) is 1.82. The van der Waals surface area contributed by atoms with Gasteiger partial charge < -0.3 is 14.8 Å². The highest BCUT2D eigenvalue weighted by Gasteiger charge is 2.19. The molecule has 0 spiro atoms. The molecule has 0 saturated heterocycles. The monoisotopic (exact) mass is 434 g/mol. The standard InChI is InChI=1S/C22H30N2O5S/c1-16-6-9-19(10-7-16)29-15-17(2)23-22(25)13-8-18-14-20(11-12-21(18)28-5)30(26,27)24(3)4/h6-7,9-12,14,17H,8,13,15H2,1-5H3,(H,23,25)/t17-/m0/s1.